The van der Waals surface area contributed by atoms with E-state index in [1.165, 1.54) is 6.20 Å². The molecule has 5 nitrogen and oxygen atoms in total. The second-order valence-electron chi connectivity index (χ2n) is 5.74. The number of amides is 1. The highest BCUT2D eigenvalue weighted by Gasteiger charge is 2.11. The zero-order chi connectivity index (χ0) is 18.7. The molecule has 0 aliphatic heterocycles. The summed E-state index contributed by atoms with van der Waals surface area (Å²) in [4.78, 5) is 20.9. The Morgan fingerprint density at radius 2 is 1.73 bits per heavy atom. The number of hydrogen-bond donors (Lipinski definition) is 2. The molecule has 7 heteroatoms. The van der Waals surface area contributed by atoms with Gasteiger partial charge in [-0.1, -0.05) is 41.4 Å². The number of para-hydroxylation sites is 1. The molecule has 0 radical (unpaired) electrons. The van der Waals surface area contributed by atoms with Crippen molar-refractivity contribution in [2.45, 2.75) is 13.8 Å². The average Bonchev–Trinajstić information content (AvgIpc) is 2.62. The Labute approximate surface area is 161 Å². The third-order valence-corrected chi connectivity index (χ3v) is 4.52. The Hall–Kier alpha value is -2.63. The van der Waals surface area contributed by atoms with Crippen LogP contribution >= 0.6 is 23.2 Å². The summed E-state index contributed by atoms with van der Waals surface area (Å²) < 4.78 is 0. The van der Waals surface area contributed by atoms with Crippen molar-refractivity contribution >= 4 is 46.4 Å². The number of carbonyl (C=O) groups is 1. The molecule has 1 aromatic heterocycles. The van der Waals surface area contributed by atoms with Crippen LogP contribution in [0.5, 0.6) is 0 Å². The number of carbonyl (C=O) groups excluding carboxylic acids is 1. The highest BCUT2D eigenvalue weighted by molar-refractivity contribution is 6.42. The van der Waals surface area contributed by atoms with Crippen LogP contribution in [0.2, 0.25) is 10.0 Å². The molecule has 3 aromatic rings. The number of aromatic nitrogens is 2. The first-order valence-corrected chi connectivity index (χ1v) is 8.62. The van der Waals surface area contributed by atoms with E-state index in [0.717, 1.165) is 16.8 Å². The topological polar surface area (TPSA) is 66.9 Å². The van der Waals surface area contributed by atoms with E-state index in [2.05, 4.69) is 20.6 Å². The van der Waals surface area contributed by atoms with E-state index in [0.29, 0.717) is 21.7 Å². The predicted octanol–water partition coefficient (Wildman–Crippen LogP) is 5.40. The van der Waals surface area contributed by atoms with Crippen molar-refractivity contribution in [1.29, 1.82) is 0 Å². The standard InChI is InChI=1S/C19H16Cl2N4O/c1-11-4-3-5-12(2)17(11)25-19-22-9-8-16(24-19)18(26)23-13-6-7-14(20)15(21)10-13/h3-10H,1-2H3,(H,23,26)(H,22,24,25). The molecule has 0 saturated carbocycles. The number of nitrogens with one attached hydrogen (secondary N) is 2. The summed E-state index contributed by atoms with van der Waals surface area (Å²) in [5, 5.41) is 6.70. The van der Waals surface area contributed by atoms with Gasteiger partial charge in [0.1, 0.15) is 5.69 Å². The van der Waals surface area contributed by atoms with Crippen LogP contribution in [-0.2, 0) is 0 Å². The second kappa shape index (κ2) is 7.72. The summed E-state index contributed by atoms with van der Waals surface area (Å²) >= 11 is 11.9. The molecule has 0 unspecified atom stereocenters. The fourth-order valence-electron chi connectivity index (χ4n) is 2.44. The number of nitrogens with zero attached hydrogens (tertiary/aromatic N) is 2. The van der Waals surface area contributed by atoms with Crippen molar-refractivity contribution in [3.05, 3.63) is 75.5 Å². The molecule has 1 amide bonds. The summed E-state index contributed by atoms with van der Waals surface area (Å²) in [6.07, 6.45) is 1.53. The molecule has 2 aromatic carbocycles. The van der Waals surface area contributed by atoms with Crippen LogP contribution in [0.4, 0.5) is 17.3 Å². The van der Waals surface area contributed by atoms with Gasteiger partial charge in [0.15, 0.2) is 0 Å². The van der Waals surface area contributed by atoms with E-state index in [4.69, 9.17) is 23.2 Å². The number of rotatable bonds is 4. The molecule has 2 N–H and O–H groups in total. The van der Waals surface area contributed by atoms with Gasteiger partial charge < -0.3 is 10.6 Å². The molecule has 0 fully saturated rings. The van der Waals surface area contributed by atoms with E-state index < -0.39 is 0 Å². The van der Waals surface area contributed by atoms with Crippen LogP contribution in [0.15, 0.2) is 48.7 Å². The number of aryl methyl sites for hydroxylation is 2. The van der Waals surface area contributed by atoms with Crippen molar-refractivity contribution < 1.29 is 4.79 Å². The number of benzene rings is 2. The Morgan fingerprint density at radius 1 is 1.00 bits per heavy atom. The second-order valence-corrected chi connectivity index (χ2v) is 6.55. The molecular weight excluding hydrogens is 371 g/mol. The predicted molar refractivity (Wildman–Crippen MR) is 106 cm³/mol. The van der Waals surface area contributed by atoms with Crippen LogP contribution in [-0.4, -0.2) is 15.9 Å². The Kier molecular flexibility index (Phi) is 5.40. The summed E-state index contributed by atoms with van der Waals surface area (Å²) in [6, 6.07) is 12.4. The van der Waals surface area contributed by atoms with E-state index >= 15 is 0 Å². The minimum Gasteiger partial charge on any atom is -0.324 e. The lowest BCUT2D eigenvalue weighted by atomic mass is 10.1. The third kappa shape index (κ3) is 4.12. The molecular formula is C19H16Cl2N4O. The highest BCUT2D eigenvalue weighted by Crippen LogP contribution is 2.25. The summed E-state index contributed by atoms with van der Waals surface area (Å²) in [7, 11) is 0. The van der Waals surface area contributed by atoms with E-state index in [-0.39, 0.29) is 11.6 Å². The third-order valence-electron chi connectivity index (χ3n) is 3.78. The van der Waals surface area contributed by atoms with Gasteiger partial charge >= 0.3 is 0 Å². The van der Waals surface area contributed by atoms with Crippen molar-refractivity contribution in [3.8, 4) is 0 Å². The van der Waals surface area contributed by atoms with Gasteiger partial charge in [-0.25, -0.2) is 9.97 Å². The Balaban J connectivity index is 1.80. The lowest BCUT2D eigenvalue weighted by Gasteiger charge is -2.12. The largest absolute Gasteiger partial charge is 0.324 e. The quantitative estimate of drug-likeness (QED) is 0.629. The van der Waals surface area contributed by atoms with Crippen LogP contribution in [0.3, 0.4) is 0 Å². The van der Waals surface area contributed by atoms with Crippen LogP contribution in [0, 0.1) is 13.8 Å². The van der Waals surface area contributed by atoms with Gasteiger partial charge in [-0.15, -0.1) is 0 Å². The maximum absolute atomic E-state index is 12.4. The summed E-state index contributed by atoms with van der Waals surface area (Å²) in [6.45, 7) is 3.99. The van der Waals surface area contributed by atoms with E-state index in [9.17, 15) is 4.79 Å². The van der Waals surface area contributed by atoms with Crippen molar-refractivity contribution in [2.75, 3.05) is 10.6 Å². The van der Waals surface area contributed by atoms with Gasteiger partial charge in [-0.2, -0.15) is 0 Å². The van der Waals surface area contributed by atoms with Gasteiger partial charge in [-0.3, -0.25) is 4.79 Å². The molecule has 0 atom stereocenters. The number of halogens is 2. The van der Waals surface area contributed by atoms with Crippen molar-refractivity contribution in [1.82, 2.24) is 9.97 Å². The van der Waals surface area contributed by atoms with Gasteiger partial charge in [0.05, 0.1) is 10.0 Å². The molecule has 3 rings (SSSR count). The van der Waals surface area contributed by atoms with Crippen LogP contribution in [0.1, 0.15) is 21.6 Å². The van der Waals surface area contributed by atoms with E-state index in [1.807, 2.05) is 32.0 Å². The van der Waals surface area contributed by atoms with Crippen molar-refractivity contribution in [3.63, 3.8) is 0 Å². The molecule has 1 heterocycles. The van der Waals surface area contributed by atoms with Gasteiger partial charge in [0.25, 0.3) is 5.91 Å². The highest BCUT2D eigenvalue weighted by atomic mass is 35.5. The molecule has 0 spiro atoms. The van der Waals surface area contributed by atoms with Crippen LogP contribution < -0.4 is 10.6 Å². The maximum Gasteiger partial charge on any atom is 0.274 e. The fourth-order valence-corrected chi connectivity index (χ4v) is 2.74. The molecule has 132 valence electrons. The first-order valence-electron chi connectivity index (χ1n) is 7.87. The Bertz CT molecular complexity index is 955. The smallest absolute Gasteiger partial charge is 0.274 e. The van der Waals surface area contributed by atoms with E-state index in [1.54, 1.807) is 24.3 Å². The monoisotopic (exact) mass is 386 g/mol. The zero-order valence-electron chi connectivity index (χ0n) is 14.2. The van der Waals surface area contributed by atoms with Gasteiger partial charge in [0.2, 0.25) is 5.95 Å². The lowest BCUT2D eigenvalue weighted by Crippen LogP contribution is -2.15. The van der Waals surface area contributed by atoms with Gasteiger partial charge in [0, 0.05) is 17.6 Å². The van der Waals surface area contributed by atoms with Gasteiger partial charge in [-0.05, 0) is 49.2 Å². The fraction of sp³-hybridized carbons (Fsp3) is 0.105. The first-order chi connectivity index (χ1) is 12.4. The first kappa shape index (κ1) is 18.2. The molecule has 26 heavy (non-hydrogen) atoms. The molecule has 0 saturated heterocycles. The SMILES string of the molecule is Cc1cccc(C)c1Nc1nccc(C(=O)Nc2ccc(Cl)c(Cl)c2)n1. The van der Waals surface area contributed by atoms with Crippen LogP contribution in [0.25, 0.3) is 0 Å². The minimum absolute atomic E-state index is 0.236. The summed E-state index contributed by atoms with van der Waals surface area (Å²) in [5.74, 6) is -0.0143. The summed E-state index contributed by atoms with van der Waals surface area (Å²) in [5.41, 5.74) is 3.83. The molecule has 0 aliphatic carbocycles. The normalized spacial score (nSPS) is 10.5. The van der Waals surface area contributed by atoms with Crippen molar-refractivity contribution in [2.24, 2.45) is 0 Å². The average molecular weight is 387 g/mol. The lowest BCUT2D eigenvalue weighted by molar-refractivity contribution is 0.102. The maximum atomic E-state index is 12.4. The minimum atomic E-state index is -0.365. The number of anilines is 3. The molecule has 0 aliphatic rings. The molecule has 0 bridgehead atoms. The zero-order valence-corrected chi connectivity index (χ0v) is 15.7. The Morgan fingerprint density at radius 3 is 2.42 bits per heavy atom. The number of hydrogen-bond acceptors (Lipinski definition) is 4.